The molecular formula is C22H25Cl2N3O6. The number of ketones is 1. The van der Waals surface area contributed by atoms with Crippen molar-refractivity contribution in [2.45, 2.75) is 26.8 Å². The second kappa shape index (κ2) is 12.3. The number of azo groups is 1. The molecule has 1 N–H and O–H groups in total. The molecule has 0 aromatic heterocycles. The largest absolute Gasteiger partial charge is 0.495 e. The van der Waals surface area contributed by atoms with Crippen LogP contribution in [0.25, 0.3) is 0 Å². The number of hydrogen-bond donors (Lipinski definition) is 1. The van der Waals surface area contributed by atoms with Gasteiger partial charge in [0.1, 0.15) is 22.2 Å². The summed E-state index contributed by atoms with van der Waals surface area (Å²) in [5.74, 6) is -0.149. The fourth-order valence-corrected chi connectivity index (χ4v) is 3.27. The molecule has 0 bridgehead atoms. The van der Waals surface area contributed by atoms with Crippen LogP contribution >= 0.6 is 23.2 Å². The Morgan fingerprint density at radius 2 is 1.58 bits per heavy atom. The third kappa shape index (κ3) is 6.27. The fourth-order valence-electron chi connectivity index (χ4n) is 2.79. The summed E-state index contributed by atoms with van der Waals surface area (Å²) in [7, 11) is 2.85. The van der Waals surface area contributed by atoms with Gasteiger partial charge in [0.2, 0.25) is 6.04 Å². The van der Waals surface area contributed by atoms with Gasteiger partial charge in [-0.1, -0.05) is 23.2 Å². The monoisotopic (exact) mass is 497 g/mol. The van der Waals surface area contributed by atoms with Crippen LogP contribution in [0, 0.1) is 0 Å². The minimum Gasteiger partial charge on any atom is -0.495 e. The first-order valence-corrected chi connectivity index (χ1v) is 10.7. The average molecular weight is 498 g/mol. The van der Waals surface area contributed by atoms with Crippen LogP contribution < -0.4 is 24.3 Å². The van der Waals surface area contributed by atoms with Gasteiger partial charge in [-0.15, -0.1) is 5.11 Å². The lowest BCUT2D eigenvalue weighted by molar-refractivity contribution is -0.126. The molecule has 0 aliphatic rings. The zero-order valence-electron chi connectivity index (χ0n) is 18.9. The van der Waals surface area contributed by atoms with E-state index in [9.17, 15) is 9.59 Å². The molecule has 178 valence electrons. The molecule has 0 heterocycles. The summed E-state index contributed by atoms with van der Waals surface area (Å²) in [6.45, 7) is 5.45. The summed E-state index contributed by atoms with van der Waals surface area (Å²) < 4.78 is 21.6. The Morgan fingerprint density at radius 3 is 2.15 bits per heavy atom. The Labute approximate surface area is 202 Å². The number of benzene rings is 2. The lowest BCUT2D eigenvalue weighted by atomic mass is 10.2. The van der Waals surface area contributed by atoms with Crippen LogP contribution in [0.4, 0.5) is 11.4 Å². The van der Waals surface area contributed by atoms with Crippen molar-refractivity contribution >= 4 is 46.3 Å². The van der Waals surface area contributed by atoms with E-state index in [2.05, 4.69) is 15.5 Å². The summed E-state index contributed by atoms with van der Waals surface area (Å²) in [6, 6.07) is 4.87. The van der Waals surface area contributed by atoms with Gasteiger partial charge in [-0.2, -0.15) is 5.11 Å². The Bertz CT molecular complexity index is 1050. The highest BCUT2D eigenvalue weighted by atomic mass is 35.5. The third-order valence-corrected chi connectivity index (χ3v) is 4.97. The number of ether oxygens (including phenoxy) is 4. The normalized spacial score (nSPS) is 11.7. The number of rotatable bonds is 11. The van der Waals surface area contributed by atoms with Crippen molar-refractivity contribution in [3.8, 4) is 23.0 Å². The number of carbonyl (C=O) groups excluding carboxylic acids is 2. The molecule has 1 unspecified atom stereocenters. The van der Waals surface area contributed by atoms with Crippen molar-refractivity contribution in [1.82, 2.24) is 0 Å². The van der Waals surface area contributed by atoms with Crippen molar-refractivity contribution in [1.29, 1.82) is 0 Å². The van der Waals surface area contributed by atoms with Gasteiger partial charge in [-0.25, -0.2) is 0 Å². The number of anilines is 1. The predicted octanol–water partition coefficient (Wildman–Crippen LogP) is 5.49. The maximum Gasteiger partial charge on any atom is 0.258 e. The van der Waals surface area contributed by atoms with Crippen molar-refractivity contribution < 1.29 is 28.5 Å². The standard InChI is InChI=1S/C22H25Cl2N3O6/c1-6-32-16-9-8-13(23)21(33-7-2)20(16)27-26-18(12(3)28)22(29)25-19-15(31-5)11-10-14(30-4)17(19)24/h8-11,18H,6-7H2,1-5H3,(H,25,29). The smallest absolute Gasteiger partial charge is 0.258 e. The molecule has 0 aliphatic heterocycles. The van der Waals surface area contributed by atoms with Crippen LogP contribution in [0.2, 0.25) is 10.0 Å². The molecule has 1 atom stereocenters. The SMILES string of the molecule is CCOc1ccc(Cl)c(OCC)c1N=NC(C(C)=O)C(=O)Nc1c(OC)ccc(OC)c1Cl. The van der Waals surface area contributed by atoms with E-state index in [1.807, 2.05) is 0 Å². The van der Waals surface area contributed by atoms with E-state index in [4.69, 9.17) is 42.1 Å². The van der Waals surface area contributed by atoms with Gasteiger partial charge in [0.15, 0.2) is 23.0 Å². The van der Waals surface area contributed by atoms with Crippen LogP contribution in [-0.4, -0.2) is 45.2 Å². The highest BCUT2D eigenvalue weighted by molar-refractivity contribution is 6.36. The molecule has 33 heavy (non-hydrogen) atoms. The Balaban J connectivity index is 2.45. The Morgan fingerprint density at radius 1 is 0.970 bits per heavy atom. The van der Waals surface area contributed by atoms with Crippen LogP contribution in [0.15, 0.2) is 34.5 Å². The molecule has 2 aromatic carbocycles. The van der Waals surface area contributed by atoms with Crippen molar-refractivity contribution in [2.24, 2.45) is 10.2 Å². The van der Waals surface area contributed by atoms with E-state index in [-0.39, 0.29) is 32.9 Å². The molecule has 2 aromatic rings. The van der Waals surface area contributed by atoms with Crippen molar-refractivity contribution in [3.63, 3.8) is 0 Å². The van der Waals surface area contributed by atoms with Crippen LogP contribution in [0.5, 0.6) is 23.0 Å². The van der Waals surface area contributed by atoms with E-state index in [0.717, 1.165) is 0 Å². The topological polar surface area (TPSA) is 108 Å². The number of methoxy groups -OCH3 is 2. The lowest BCUT2D eigenvalue weighted by Crippen LogP contribution is -2.32. The van der Waals surface area contributed by atoms with Crippen LogP contribution in [-0.2, 0) is 9.59 Å². The zero-order valence-corrected chi connectivity index (χ0v) is 20.4. The molecule has 2 rings (SSSR count). The molecule has 0 aliphatic carbocycles. The lowest BCUT2D eigenvalue weighted by Gasteiger charge is -2.16. The number of hydrogen-bond acceptors (Lipinski definition) is 8. The maximum atomic E-state index is 13.0. The Hall–Kier alpha value is -3.04. The van der Waals surface area contributed by atoms with Gasteiger partial charge in [0.05, 0.1) is 32.5 Å². The molecule has 1 amide bonds. The van der Waals surface area contributed by atoms with E-state index >= 15 is 0 Å². The van der Waals surface area contributed by atoms with E-state index in [1.165, 1.54) is 21.1 Å². The summed E-state index contributed by atoms with van der Waals surface area (Å²) >= 11 is 12.6. The molecule has 11 heteroatoms. The second-order valence-electron chi connectivity index (χ2n) is 6.47. The third-order valence-electron chi connectivity index (χ3n) is 4.30. The van der Waals surface area contributed by atoms with Crippen molar-refractivity contribution in [2.75, 3.05) is 32.8 Å². The fraction of sp³-hybridized carbons (Fsp3) is 0.364. The minimum absolute atomic E-state index is 0.108. The van der Waals surface area contributed by atoms with Gasteiger partial charge in [0, 0.05) is 0 Å². The van der Waals surface area contributed by atoms with Crippen LogP contribution in [0.3, 0.4) is 0 Å². The molecule has 0 radical (unpaired) electrons. The number of nitrogens with one attached hydrogen (secondary N) is 1. The molecule has 0 spiro atoms. The molecule has 9 nitrogen and oxygen atoms in total. The Kier molecular flexibility index (Phi) is 9.74. The molecule has 0 fully saturated rings. The second-order valence-corrected chi connectivity index (χ2v) is 7.25. The zero-order chi connectivity index (χ0) is 24.5. The van der Waals surface area contributed by atoms with Crippen molar-refractivity contribution in [3.05, 3.63) is 34.3 Å². The minimum atomic E-state index is -1.49. The predicted molar refractivity (Wildman–Crippen MR) is 126 cm³/mol. The van der Waals surface area contributed by atoms with Gasteiger partial charge in [-0.3, -0.25) is 9.59 Å². The van der Waals surface area contributed by atoms with E-state index in [0.29, 0.717) is 24.7 Å². The molecular weight excluding hydrogens is 473 g/mol. The molecule has 0 saturated carbocycles. The number of nitrogens with zero attached hydrogens (tertiary/aromatic N) is 2. The first-order chi connectivity index (χ1) is 15.8. The quantitative estimate of drug-likeness (QED) is 0.324. The summed E-state index contributed by atoms with van der Waals surface area (Å²) in [5, 5.41) is 11.0. The summed E-state index contributed by atoms with van der Waals surface area (Å²) in [5.41, 5.74) is 0.306. The number of halogens is 2. The molecule has 0 saturated heterocycles. The van der Waals surface area contributed by atoms with Crippen LogP contribution in [0.1, 0.15) is 20.8 Å². The summed E-state index contributed by atoms with van der Waals surface area (Å²) in [6.07, 6.45) is 0. The highest BCUT2D eigenvalue weighted by Gasteiger charge is 2.27. The first-order valence-electron chi connectivity index (χ1n) is 9.99. The highest BCUT2D eigenvalue weighted by Crippen LogP contribution is 2.43. The van der Waals surface area contributed by atoms with Gasteiger partial charge >= 0.3 is 0 Å². The van der Waals surface area contributed by atoms with E-state index in [1.54, 1.807) is 38.1 Å². The van der Waals surface area contributed by atoms with Gasteiger partial charge in [0.25, 0.3) is 5.91 Å². The number of amides is 1. The van der Waals surface area contributed by atoms with E-state index < -0.39 is 17.7 Å². The number of Topliss-reactive ketones (excluding diaryl/α,β-unsaturated/α-hetero) is 1. The van der Waals surface area contributed by atoms with Gasteiger partial charge in [-0.05, 0) is 45.0 Å². The maximum absolute atomic E-state index is 13.0. The summed E-state index contributed by atoms with van der Waals surface area (Å²) in [4.78, 5) is 25.2. The number of carbonyl (C=O) groups is 2. The average Bonchev–Trinajstić information content (AvgIpc) is 2.78. The van der Waals surface area contributed by atoms with Gasteiger partial charge < -0.3 is 24.3 Å². The first kappa shape index (κ1) is 26.2.